The molecule has 3 rings (SSSR count). The summed E-state index contributed by atoms with van der Waals surface area (Å²) in [5, 5.41) is 25.1. The molecule has 0 atom stereocenters. The van der Waals surface area contributed by atoms with Crippen molar-refractivity contribution < 1.29 is 9.72 Å². The van der Waals surface area contributed by atoms with Crippen LogP contribution in [-0.4, -0.2) is 54.7 Å². The van der Waals surface area contributed by atoms with Crippen LogP contribution in [0.5, 0.6) is 0 Å². The van der Waals surface area contributed by atoms with Crippen LogP contribution >= 0.6 is 0 Å². The Hall–Kier alpha value is -3.21. The van der Waals surface area contributed by atoms with Crippen molar-refractivity contribution in [3.8, 4) is 0 Å². The summed E-state index contributed by atoms with van der Waals surface area (Å²) >= 11 is 0. The lowest BCUT2D eigenvalue weighted by Crippen LogP contribution is -2.39. The Morgan fingerprint density at radius 1 is 1.32 bits per heavy atom. The number of tetrazole rings is 1. The Morgan fingerprint density at radius 3 is 2.68 bits per heavy atom. The zero-order valence-electron chi connectivity index (χ0n) is 15.6. The first kappa shape index (κ1) is 19.5. The average Bonchev–Trinajstić information content (AvgIpc) is 3.16. The van der Waals surface area contributed by atoms with Gasteiger partial charge in [0, 0.05) is 17.7 Å². The lowest BCUT2D eigenvalue weighted by Gasteiger charge is -2.30. The number of hydrazone groups is 1. The van der Waals surface area contributed by atoms with Gasteiger partial charge in [-0.3, -0.25) is 9.69 Å². The molecule has 148 valence electrons. The molecule has 1 fully saturated rings. The Balaban J connectivity index is 1.43. The molecule has 1 amide bonds. The number of piperidine rings is 1. The molecule has 0 aliphatic carbocycles. The van der Waals surface area contributed by atoms with Crippen molar-refractivity contribution in [3.63, 3.8) is 0 Å². The van der Waals surface area contributed by atoms with E-state index < -0.39 is 10.9 Å². The summed E-state index contributed by atoms with van der Waals surface area (Å²) in [6.45, 7) is 4.41. The Labute approximate surface area is 161 Å². The number of carbonyl (C=O) groups is 1. The third-order valence-electron chi connectivity index (χ3n) is 4.54. The van der Waals surface area contributed by atoms with Crippen molar-refractivity contribution in [3.05, 3.63) is 46.0 Å². The predicted octanol–water partition coefficient (Wildman–Crippen LogP) is 0.986. The minimum Gasteiger partial charge on any atom is -0.390 e. The molecule has 11 heteroatoms. The fraction of sp³-hybridized carbons (Fsp3) is 0.471. The van der Waals surface area contributed by atoms with Crippen LogP contribution in [0.1, 0.15) is 25.3 Å². The number of benzene rings is 1. The Kier molecular flexibility index (Phi) is 6.37. The molecular formula is C17H22N8O3. The maximum atomic E-state index is 12.3. The molecule has 1 aliphatic rings. The molecule has 2 aromatic rings. The second-order valence-electron chi connectivity index (χ2n) is 6.74. The standard InChI is InChI=1S/C17H22N8O3/c1-13(11-24-21-17(20-22-24)25(27)28)18-19-16(26)15-7-9-23(10-8-15)12-14-5-3-2-4-6-14/h2-6,15H,7-12H2,1H3,(H,19,26). The monoisotopic (exact) mass is 386 g/mol. The number of aromatic nitrogens is 4. The first-order valence-corrected chi connectivity index (χ1v) is 9.03. The summed E-state index contributed by atoms with van der Waals surface area (Å²) in [4.78, 5) is 25.6. The van der Waals surface area contributed by atoms with Gasteiger partial charge in [-0.1, -0.05) is 35.1 Å². The van der Waals surface area contributed by atoms with Gasteiger partial charge in [0.15, 0.2) is 0 Å². The van der Waals surface area contributed by atoms with Gasteiger partial charge in [0.2, 0.25) is 5.91 Å². The van der Waals surface area contributed by atoms with Crippen LogP contribution in [0.2, 0.25) is 0 Å². The highest BCUT2D eigenvalue weighted by molar-refractivity contribution is 5.84. The second kappa shape index (κ2) is 9.13. The zero-order chi connectivity index (χ0) is 19.9. The smallest absolute Gasteiger partial charge is 0.390 e. The summed E-state index contributed by atoms with van der Waals surface area (Å²) in [6, 6.07) is 10.3. The van der Waals surface area contributed by atoms with Crippen LogP contribution in [0.4, 0.5) is 5.95 Å². The van der Waals surface area contributed by atoms with Crippen LogP contribution < -0.4 is 5.43 Å². The highest BCUT2D eigenvalue weighted by atomic mass is 16.6. The van der Waals surface area contributed by atoms with Crippen molar-refractivity contribution in [2.45, 2.75) is 32.9 Å². The van der Waals surface area contributed by atoms with E-state index in [-0.39, 0.29) is 18.4 Å². The van der Waals surface area contributed by atoms with Crippen molar-refractivity contribution in [2.24, 2.45) is 11.0 Å². The molecular weight excluding hydrogens is 364 g/mol. The number of nitro groups is 1. The number of rotatable bonds is 7. The third kappa shape index (κ3) is 5.39. The van der Waals surface area contributed by atoms with Crippen molar-refractivity contribution in [1.82, 2.24) is 30.5 Å². The molecule has 1 aromatic heterocycles. The topological polar surface area (TPSA) is 131 Å². The first-order valence-electron chi connectivity index (χ1n) is 9.03. The van der Waals surface area contributed by atoms with Crippen LogP contribution in [0.3, 0.4) is 0 Å². The lowest BCUT2D eigenvalue weighted by molar-refractivity contribution is -0.394. The third-order valence-corrected chi connectivity index (χ3v) is 4.54. The van der Waals surface area contributed by atoms with Gasteiger partial charge in [-0.15, -0.1) is 0 Å². The molecule has 11 nitrogen and oxygen atoms in total. The van der Waals surface area contributed by atoms with Gasteiger partial charge < -0.3 is 10.1 Å². The zero-order valence-corrected chi connectivity index (χ0v) is 15.6. The maximum Gasteiger partial charge on any atom is 0.514 e. The predicted molar refractivity (Wildman–Crippen MR) is 100 cm³/mol. The van der Waals surface area contributed by atoms with Crippen LogP contribution in [0, 0.1) is 16.0 Å². The van der Waals surface area contributed by atoms with E-state index in [1.54, 1.807) is 6.92 Å². The molecule has 1 aromatic carbocycles. The van der Waals surface area contributed by atoms with E-state index in [1.165, 1.54) is 5.56 Å². The van der Waals surface area contributed by atoms with Gasteiger partial charge in [0.25, 0.3) is 0 Å². The highest BCUT2D eigenvalue weighted by Crippen LogP contribution is 2.19. The van der Waals surface area contributed by atoms with E-state index in [2.05, 4.69) is 43.0 Å². The van der Waals surface area contributed by atoms with E-state index in [0.29, 0.717) is 5.71 Å². The molecule has 28 heavy (non-hydrogen) atoms. The molecule has 0 saturated carbocycles. The summed E-state index contributed by atoms with van der Waals surface area (Å²) in [6.07, 6.45) is 1.56. The van der Waals surface area contributed by atoms with E-state index >= 15 is 0 Å². The SMILES string of the molecule is CC(Cn1nnc([N+](=O)[O-])n1)=NNC(=O)C1CCN(Cc2ccccc2)CC1. The fourth-order valence-electron chi connectivity index (χ4n) is 3.05. The minimum atomic E-state index is -0.720. The number of hydrogen-bond acceptors (Lipinski definition) is 8. The summed E-state index contributed by atoms with van der Waals surface area (Å²) < 4.78 is 0. The lowest BCUT2D eigenvalue weighted by atomic mass is 9.96. The summed E-state index contributed by atoms with van der Waals surface area (Å²) in [5.41, 5.74) is 4.36. The number of carbonyl (C=O) groups excluding carboxylic acids is 1. The maximum absolute atomic E-state index is 12.3. The normalized spacial score (nSPS) is 16.1. The number of likely N-dealkylation sites (tertiary alicyclic amines) is 1. The molecule has 0 radical (unpaired) electrons. The van der Waals surface area contributed by atoms with Crippen molar-refractivity contribution in [2.75, 3.05) is 13.1 Å². The van der Waals surface area contributed by atoms with Gasteiger partial charge in [0.1, 0.15) is 6.54 Å². The summed E-state index contributed by atoms with van der Waals surface area (Å²) in [7, 11) is 0. The molecule has 1 aliphatic heterocycles. The van der Waals surface area contributed by atoms with Crippen molar-refractivity contribution >= 4 is 17.6 Å². The number of hydrogen-bond donors (Lipinski definition) is 1. The quantitative estimate of drug-likeness (QED) is 0.426. The van der Waals surface area contributed by atoms with Crippen LogP contribution in [0.15, 0.2) is 35.4 Å². The number of amides is 1. The molecule has 0 unspecified atom stereocenters. The minimum absolute atomic E-state index is 0.0749. The van der Waals surface area contributed by atoms with Crippen molar-refractivity contribution in [1.29, 1.82) is 0 Å². The largest absolute Gasteiger partial charge is 0.514 e. The fourth-order valence-corrected chi connectivity index (χ4v) is 3.05. The Bertz CT molecular complexity index is 843. The number of nitrogens with one attached hydrogen (secondary N) is 1. The molecule has 0 spiro atoms. The van der Waals surface area contributed by atoms with E-state index in [0.717, 1.165) is 37.3 Å². The van der Waals surface area contributed by atoms with Crippen LogP contribution in [-0.2, 0) is 17.9 Å². The van der Waals surface area contributed by atoms with Gasteiger partial charge >= 0.3 is 5.95 Å². The van der Waals surface area contributed by atoms with Gasteiger partial charge in [0.05, 0.1) is 15.9 Å². The molecule has 2 heterocycles. The first-order chi connectivity index (χ1) is 13.5. The molecule has 0 bridgehead atoms. The summed E-state index contributed by atoms with van der Waals surface area (Å²) in [5.74, 6) is -0.760. The molecule has 1 saturated heterocycles. The van der Waals surface area contributed by atoms with E-state index in [4.69, 9.17) is 0 Å². The van der Waals surface area contributed by atoms with Gasteiger partial charge in [-0.25, -0.2) is 5.43 Å². The molecule has 1 N–H and O–H groups in total. The van der Waals surface area contributed by atoms with Gasteiger partial charge in [-0.2, -0.15) is 5.10 Å². The van der Waals surface area contributed by atoms with E-state index in [9.17, 15) is 14.9 Å². The average molecular weight is 386 g/mol. The highest BCUT2D eigenvalue weighted by Gasteiger charge is 2.25. The second-order valence-corrected chi connectivity index (χ2v) is 6.74. The van der Waals surface area contributed by atoms with E-state index in [1.807, 2.05) is 18.2 Å². The van der Waals surface area contributed by atoms with Gasteiger partial charge in [-0.05, 0) is 43.3 Å². The number of nitrogens with zero attached hydrogens (tertiary/aromatic N) is 7. The Morgan fingerprint density at radius 2 is 2.04 bits per heavy atom. The van der Waals surface area contributed by atoms with Crippen LogP contribution in [0.25, 0.3) is 0 Å².